The van der Waals surface area contributed by atoms with Crippen molar-refractivity contribution in [3.05, 3.63) is 139 Å². The Balaban J connectivity index is 0.00000107. The first kappa shape index (κ1) is 35.1. The fraction of sp³-hybridized carbons (Fsp3) is 0.171. The molecule has 0 bridgehead atoms. The van der Waals surface area contributed by atoms with Gasteiger partial charge in [0.15, 0.2) is 0 Å². The Labute approximate surface area is 273 Å². The molecule has 4 aromatic rings. The predicted molar refractivity (Wildman–Crippen MR) is 190 cm³/mol. The monoisotopic (exact) mass is 614 g/mol. The van der Waals surface area contributed by atoms with Gasteiger partial charge in [0.2, 0.25) is 0 Å². The topological polar surface area (TPSA) is 61.8 Å². The first-order valence-electron chi connectivity index (χ1n) is 14.9. The Bertz CT molecular complexity index is 1740. The van der Waals surface area contributed by atoms with E-state index in [4.69, 9.17) is 14.2 Å². The number of hydrogen-bond acceptors (Lipinski definition) is 5. The van der Waals surface area contributed by atoms with E-state index in [-0.39, 0.29) is 0 Å². The minimum absolute atomic E-state index is 0.368. The standard InChI is InChI=1S/C37H36O4.C4H6O/c1-24(2)23-40-36-22-32(16-21-35(36)31-14-17-33(39-7)18-15-31)27(6)26(5)28-8-10-29(11-9-28)30-12-19-34(20-13-30)41-37(38)25(3)4;1-4(2)3-5/h8-22H,1,3,23H2,2,4-7H3;3H,1H2,2H3/b27-26+;. The van der Waals surface area contributed by atoms with Gasteiger partial charge < -0.3 is 14.2 Å². The maximum Gasteiger partial charge on any atom is 0.338 e. The largest absolute Gasteiger partial charge is 0.497 e. The van der Waals surface area contributed by atoms with Crippen LogP contribution in [0.15, 0.2) is 127 Å². The van der Waals surface area contributed by atoms with Crippen LogP contribution < -0.4 is 14.2 Å². The zero-order valence-electron chi connectivity index (χ0n) is 27.6. The van der Waals surface area contributed by atoms with E-state index in [0.717, 1.165) is 56.7 Å². The molecular weight excluding hydrogens is 572 g/mol. The summed E-state index contributed by atoms with van der Waals surface area (Å²) in [6.07, 6.45) is 0.722. The van der Waals surface area contributed by atoms with Gasteiger partial charge >= 0.3 is 5.97 Å². The van der Waals surface area contributed by atoms with Crippen molar-refractivity contribution in [2.75, 3.05) is 13.7 Å². The summed E-state index contributed by atoms with van der Waals surface area (Å²) < 4.78 is 16.8. The van der Waals surface area contributed by atoms with E-state index in [9.17, 15) is 9.59 Å². The second-order valence-corrected chi connectivity index (χ2v) is 11.2. The number of aldehydes is 1. The van der Waals surface area contributed by atoms with Gasteiger partial charge in [-0.2, -0.15) is 0 Å². The molecule has 5 nitrogen and oxygen atoms in total. The van der Waals surface area contributed by atoms with Crippen molar-refractivity contribution in [2.45, 2.75) is 34.6 Å². The van der Waals surface area contributed by atoms with Crippen LogP contribution in [0.3, 0.4) is 0 Å². The van der Waals surface area contributed by atoms with Gasteiger partial charge in [0, 0.05) is 11.1 Å². The fourth-order valence-electron chi connectivity index (χ4n) is 4.34. The van der Waals surface area contributed by atoms with Crippen LogP contribution in [0.1, 0.15) is 45.7 Å². The molecule has 0 N–H and O–H groups in total. The molecule has 0 atom stereocenters. The molecular formula is C41H42O5. The summed E-state index contributed by atoms with van der Waals surface area (Å²) in [5.74, 6) is 1.70. The molecule has 0 fully saturated rings. The molecule has 0 amide bonds. The molecule has 0 saturated carbocycles. The molecule has 0 saturated heterocycles. The van der Waals surface area contributed by atoms with Crippen molar-refractivity contribution < 1.29 is 23.8 Å². The van der Waals surface area contributed by atoms with E-state index in [2.05, 4.69) is 76.0 Å². The maximum atomic E-state index is 11.8. The van der Waals surface area contributed by atoms with Gasteiger partial charge in [-0.1, -0.05) is 80.4 Å². The normalized spacial score (nSPS) is 10.8. The minimum Gasteiger partial charge on any atom is -0.497 e. The Kier molecular flexibility index (Phi) is 12.7. The predicted octanol–water partition coefficient (Wildman–Crippen LogP) is 10.2. The average Bonchev–Trinajstić information content (AvgIpc) is 3.07. The van der Waals surface area contributed by atoms with Crippen LogP contribution in [0.4, 0.5) is 0 Å². The van der Waals surface area contributed by atoms with Gasteiger partial charge in [-0.15, -0.1) is 0 Å². The van der Waals surface area contributed by atoms with Crippen molar-refractivity contribution >= 4 is 23.4 Å². The van der Waals surface area contributed by atoms with Crippen molar-refractivity contribution in [1.82, 2.24) is 0 Å². The summed E-state index contributed by atoms with van der Waals surface area (Å²) in [6, 6.07) is 30.3. The van der Waals surface area contributed by atoms with E-state index in [0.29, 0.717) is 23.5 Å². The van der Waals surface area contributed by atoms with Crippen molar-refractivity contribution in [3.8, 4) is 39.5 Å². The Hall–Kier alpha value is -5.42. The van der Waals surface area contributed by atoms with Crippen LogP contribution in [0.2, 0.25) is 0 Å². The second-order valence-electron chi connectivity index (χ2n) is 11.2. The van der Waals surface area contributed by atoms with Gasteiger partial charge in [0.1, 0.15) is 30.1 Å². The van der Waals surface area contributed by atoms with Crippen LogP contribution in [-0.2, 0) is 9.59 Å². The molecule has 4 aromatic carbocycles. The molecule has 0 spiro atoms. The van der Waals surface area contributed by atoms with Gasteiger partial charge in [0.05, 0.1) is 7.11 Å². The maximum absolute atomic E-state index is 11.8. The highest BCUT2D eigenvalue weighted by Gasteiger charge is 2.12. The molecule has 4 rings (SSSR count). The molecule has 46 heavy (non-hydrogen) atoms. The number of carbonyl (C=O) groups is 2. The first-order chi connectivity index (χ1) is 21.9. The molecule has 0 radical (unpaired) electrons. The first-order valence-corrected chi connectivity index (χ1v) is 14.9. The molecule has 0 aliphatic carbocycles. The Morgan fingerprint density at radius 3 is 1.65 bits per heavy atom. The second kappa shape index (κ2) is 16.6. The van der Waals surface area contributed by atoms with Crippen LogP contribution in [0, 0.1) is 0 Å². The number of hydrogen-bond donors (Lipinski definition) is 0. The third kappa shape index (κ3) is 9.80. The molecule has 0 aliphatic rings. The van der Waals surface area contributed by atoms with Crippen molar-refractivity contribution in [3.63, 3.8) is 0 Å². The Morgan fingerprint density at radius 2 is 1.15 bits per heavy atom. The summed E-state index contributed by atoms with van der Waals surface area (Å²) in [4.78, 5) is 21.2. The summed E-state index contributed by atoms with van der Waals surface area (Å²) >= 11 is 0. The third-order valence-corrected chi connectivity index (χ3v) is 7.12. The third-order valence-electron chi connectivity index (χ3n) is 7.12. The van der Waals surface area contributed by atoms with E-state index in [1.807, 2.05) is 43.3 Å². The van der Waals surface area contributed by atoms with E-state index in [1.165, 1.54) is 11.1 Å². The van der Waals surface area contributed by atoms with Crippen LogP contribution in [-0.4, -0.2) is 26.0 Å². The molecule has 0 unspecified atom stereocenters. The van der Waals surface area contributed by atoms with Gasteiger partial charge in [-0.3, -0.25) is 4.79 Å². The molecule has 0 aliphatic heterocycles. The van der Waals surface area contributed by atoms with Crippen molar-refractivity contribution in [1.29, 1.82) is 0 Å². The van der Waals surface area contributed by atoms with E-state index in [1.54, 1.807) is 33.1 Å². The number of esters is 1. The van der Waals surface area contributed by atoms with E-state index < -0.39 is 5.97 Å². The van der Waals surface area contributed by atoms with E-state index >= 15 is 0 Å². The number of ether oxygens (including phenoxy) is 3. The number of benzene rings is 4. The smallest absolute Gasteiger partial charge is 0.338 e. The van der Waals surface area contributed by atoms with Gasteiger partial charge in [-0.05, 0) is 115 Å². The SMILES string of the molecule is C=C(C)C=O.C=C(C)COc1cc(/C(C)=C(\C)c2ccc(-c3ccc(OC(=O)C(=C)C)cc3)cc2)ccc1-c1ccc(OC)cc1. The van der Waals surface area contributed by atoms with Crippen LogP contribution in [0.25, 0.3) is 33.4 Å². The number of allylic oxidation sites excluding steroid dienone is 3. The highest BCUT2D eigenvalue weighted by atomic mass is 16.5. The summed E-state index contributed by atoms with van der Waals surface area (Å²) in [6.45, 7) is 20.9. The minimum atomic E-state index is -0.426. The summed E-state index contributed by atoms with van der Waals surface area (Å²) in [5, 5.41) is 0. The van der Waals surface area contributed by atoms with Gasteiger partial charge in [-0.25, -0.2) is 4.79 Å². The van der Waals surface area contributed by atoms with Crippen LogP contribution in [0.5, 0.6) is 17.2 Å². The zero-order chi connectivity index (χ0) is 33.8. The molecule has 236 valence electrons. The highest BCUT2D eigenvalue weighted by Crippen LogP contribution is 2.36. The lowest BCUT2D eigenvalue weighted by molar-refractivity contribution is -0.130. The van der Waals surface area contributed by atoms with Crippen molar-refractivity contribution in [2.24, 2.45) is 0 Å². The average molecular weight is 615 g/mol. The Morgan fingerprint density at radius 1 is 0.674 bits per heavy atom. The molecule has 5 heteroatoms. The summed E-state index contributed by atoms with van der Waals surface area (Å²) in [5.41, 5.74) is 10.7. The number of carbonyl (C=O) groups excluding carboxylic acids is 2. The lowest BCUT2D eigenvalue weighted by Gasteiger charge is -2.16. The fourth-order valence-corrected chi connectivity index (χ4v) is 4.34. The van der Waals surface area contributed by atoms with Gasteiger partial charge in [0.25, 0.3) is 0 Å². The molecule has 0 heterocycles. The quantitative estimate of drug-likeness (QED) is 0.0420. The number of methoxy groups -OCH3 is 1. The highest BCUT2D eigenvalue weighted by molar-refractivity contribution is 5.91. The molecule has 0 aromatic heterocycles. The zero-order valence-corrected chi connectivity index (χ0v) is 27.6. The summed E-state index contributed by atoms with van der Waals surface area (Å²) in [7, 11) is 1.67. The lowest BCUT2D eigenvalue weighted by atomic mass is 9.93. The lowest BCUT2D eigenvalue weighted by Crippen LogP contribution is -2.07. The van der Waals surface area contributed by atoms with Crippen LogP contribution >= 0.6 is 0 Å². The number of rotatable bonds is 11.